The molecule has 3 rings (SSSR count). The van der Waals surface area contributed by atoms with Crippen LogP contribution in [0.1, 0.15) is 61.7 Å². The fourth-order valence-electron chi connectivity index (χ4n) is 2.48. The number of rotatable bonds is 4. The Hall–Kier alpha value is -0.0400. The van der Waals surface area contributed by atoms with E-state index in [9.17, 15) is 0 Å². The van der Waals surface area contributed by atoms with E-state index in [1.54, 1.807) is 0 Å². The highest BCUT2D eigenvalue weighted by Crippen LogP contribution is 2.44. The molecule has 1 aromatic heterocycles. The van der Waals surface area contributed by atoms with Crippen molar-refractivity contribution in [2.24, 2.45) is 0 Å². The van der Waals surface area contributed by atoms with Gasteiger partial charge in [-0.1, -0.05) is 6.42 Å². The SMILES string of the molecule is CCNc1nc(C2CCCCS2)nc(C2CC2)c1I. The highest BCUT2D eigenvalue weighted by Gasteiger charge is 2.30. The third-order valence-corrected chi connectivity index (χ3v) is 6.11. The van der Waals surface area contributed by atoms with Crippen LogP contribution >= 0.6 is 34.4 Å². The van der Waals surface area contributed by atoms with Gasteiger partial charge < -0.3 is 5.32 Å². The first-order chi connectivity index (χ1) is 9.29. The van der Waals surface area contributed by atoms with Crippen LogP contribution in [0.4, 0.5) is 5.82 Å². The van der Waals surface area contributed by atoms with Crippen LogP contribution in [0, 0.1) is 3.57 Å². The molecule has 1 saturated heterocycles. The van der Waals surface area contributed by atoms with Gasteiger partial charge in [-0.2, -0.15) is 11.8 Å². The van der Waals surface area contributed by atoms with Crippen molar-refractivity contribution in [3.8, 4) is 0 Å². The molecule has 0 aromatic carbocycles. The van der Waals surface area contributed by atoms with Crippen molar-refractivity contribution in [2.45, 2.75) is 50.2 Å². The zero-order valence-electron chi connectivity index (χ0n) is 11.3. The normalized spacial score (nSPS) is 23.4. The predicted octanol–water partition coefficient (Wildman–Crippen LogP) is 4.35. The number of nitrogens with zero attached hydrogens (tertiary/aromatic N) is 2. The van der Waals surface area contributed by atoms with Gasteiger partial charge in [0.15, 0.2) is 0 Å². The van der Waals surface area contributed by atoms with Gasteiger partial charge in [0.2, 0.25) is 0 Å². The quantitative estimate of drug-likeness (QED) is 0.778. The Morgan fingerprint density at radius 1 is 1.26 bits per heavy atom. The summed E-state index contributed by atoms with van der Waals surface area (Å²) in [6.07, 6.45) is 6.51. The van der Waals surface area contributed by atoms with E-state index in [2.05, 4.69) is 34.8 Å². The van der Waals surface area contributed by atoms with Crippen LogP contribution in [0.3, 0.4) is 0 Å². The Labute approximate surface area is 132 Å². The van der Waals surface area contributed by atoms with Crippen LogP contribution in [0.2, 0.25) is 0 Å². The molecule has 0 bridgehead atoms. The second-order valence-electron chi connectivity index (χ2n) is 5.29. The lowest BCUT2D eigenvalue weighted by molar-refractivity contribution is 0.658. The molecule has 1 aliphatic carbocycles. The van der Waals surface area contributed by atoms with Crippen molar-refractivity contribution in [3.63, 3.8) is 0 Å². The maximum Gasteiger partial charge on any atom is 0.144 e. The van der Waals surface area contributed by atoms with Gasteiger partial charge in [0.1, 0.15) is 11.6 Å². The molecule has 0 spiro atoms. The molecule has 5 heteroatoms. The van der Waals surface area contributed by atoms with Crippen molar-refractivity contribution >= 4 is 40.2 Å². The Morgan fingerprint density at radius 2 is 2.11 bits per heavy atom. The monoisotopic (exact) mass is 389 g/mol. The molecule has 1 N–H and O–H groups in total. The van der Waals surface area contributed by atoms with Crippen LogP contribution in [-0.2, 0) is 0 Å². The van der Waals surface area contributed by atoms with Gasteiger partial charge in [0, 0.05) is 12.5 Å². The van der Waals surface area contributed by atoms with E-state index in [0.29, 0.717) is 11.2 Å². The van der Waals surface area contributed by atoms with Gasteiger partial charge in [-0.05, 0) is 61.0 Å². The molecule has 2 heterocycles. The highest BCUT2D eigenvalue weighted by molar-refractivity contribution is 14.1. The molecule has 0 radical (unpaired) electrons. The Bertz CT molecular complexity index is 456. The van der Waals surface area contributed by atoms with E-state index < -0.39 is 0 Å². The Balaban J connectivity index is 1.93. The molecule has 1 aromatic rings. The number of hydrogen-bond donors (Lipinski definition) is 1. The van der Waals surface area contributed by atoms with Crippen LogP contribution in [0.5, 0.6) is 0 Å². The molecule has 1 unspecified atom stereocenters. The van der Waals surface area contributed by atoms with Crippen LogP contribution in [-0.4, -0.2) is 22.3 Å². The van der Waals surface area contributed by atoms with Crippen LogP contribution in [0.15, 0.2) is 0 Å². The predicted molar refractivity (Wildman–Crippen MR) is 89.9 cm³/mol. The summed E-state index contributed by atoms with van der Waals surface area (Å²) in [5.41, 5.74) is 1.30. The van der Waals surface area contributed by atoms with Crippen LogP contribution in [0.25, 0.3) is 0 Å². The summed E-state index contributed by atoms with van der Waals surface area (Å²) in [5, 5.41) is 3.92. The topological polar surface area (TPSA) is 37.8 Å². The highest BCUT2D eigenvalue weighted by atomic mass is 127. The minimum atomic E-state index is 0.514. The summed E-state index contributed by atoms with van der Waals surface area (Å²) in [4.78, 5) is 9.73. The first-order valence-corrected chi connectivity index (χ1v) is 9.35. The second kappa shape index (κ2) is 6.16. The van der Waals surface area contributed by atoms with Gasteiger partial charge in [-0.15, -0.1) is 0 Å². The van der Waals surface area contributed by atoms with E-state index in [1.807, 2.05) is 11.8 Å². The summed E-state index contributed by atoms with van der Waals surface area (Å²) in [7, 11) is 0. The van der Waals surface area contributed by atoms with Crippen LogP contribution < -0.4 is 5.32 Å². The van der Waals surface area contributed by atoms with Gasteiger partial charge in [0.25, 0.3) is 0 Å². The lowest BCUT2D eigenvalue weighted by Crippen LogP contribution is -2.13. The van der Waals surface area contributed by atoms with Crippen molar-refractivity contribution in [3.05, 3.63) is 15.1 Å². The maximum atomic E-state index is 4.92. The lowest BCUT2D eigenvalue weighted by atomic mass is 10.1. The smallest absolute Gasteiger partial charge is 0.144 e. The summed E-state index contributed by atoms with van der Waals surface area (Å²) in [6.45, 7) is 3.05. The number of hydrogen-bond acceptors (Lipinski definition) is 4. The van der Waals surface area contributed by atoms with Crippen molar-refractivity contribution in [1.29, 1.82) is 0 Å². The van der Waals surface area contributed by atoms with Gasteiger partial charge >= 0.3 is 0 Å². The van der Waals surface area contributed by atoms with E-state index in [4.69, 9.17) is 9.97 Å². The minimum absolute atomic E-state index is 0.514. The fraction of sp³-hybridized carbons (Fsp3) is 0.714. The summed E-state index contributed by atoms with van der Waals surface area (Å²) < 4.78 is 1.24. The molecule has 2 fully saturated rings. The first kappa shape index (κ1) is 13.9. The number of nitrogens with one attached hydrogen (secondary N) is 1. The molecule has 19 heavy (non-hydrogen) atoms. The average Bonchev–Trinajstić information content (AvgIpc) is 3.27. The van der Waals surface area contributed by atoms with Gasteiger partial charge in [-0.25, -0.2) is 9.97 Å². The average molecular weight is 389 g/mol. The lowest BCUT2D eigenvalue weighted by Gasteiger charge is -2.21. The maximum absolute atomic E-state index is 4.92. The molecule has 104 valence electrons. The van der Waals surface area contributed by atoms with Crippen molar-refractivity contribution in [2.75, 3.05) is 17.6 Å². The molecule has 1 aliphatic heterocycles. The molecule has 1 saturated carbocycles. The third-order valence-electron chi connectivity index (χ3n) is 3.67. The zero-order valence-corrected chi connectivity index (χ0v) is 14.3. The molecule has 2 aliphatic rings. The van der Waals surface area contributed by atoms with Gasteiger partial charge in [-0.3, -0.25) is 0 Å². The summed E-state index contributed by atoms with van der Waals surface area (Å²) in [5.74, 6) is 4.08. The van der Waals surface area contributed by atoms with E-state index in [1.165, 1.54) is 47.1 Å². The molecule has 1 atom stereocenters. The summed E-state index contributed by atoms with van der Waals surface area (Å²) >= 11 is 4.45. The number of thioether (sulfide) groups is 1. The van der Waals surface area contributed by atoms with Gasteiger partial charge in [0.05, 0.1) is 14.5 Å². The molecular formula is C14H20IN3S. The zero-order chi connectivity index (χ0) is 13.2. The standard InChI is InChI=1S/C14H20IN3S/c1-2-16-14-11(15)12(9-6-7-9)17-13(18-14)10-5-3-4-8-19-10/h9-10H,2-8H2,1H3,(H,16,17,18). The first-order valence-electron chi connectivity index (χ1n) is 7.22. The van der Waals surface area contributed by atoms with E-state index >= 15 is 0 Å². The molecule has 3 nitrogen and oxygen atoms in total. The third kappa shape index (κ3) is 3.17. The number of anilines is 1. The molecular weight excluding hydrogens is 369 g/mol. The minimum Gasteiger partial charge on any atom is -0.369 e. The Kier molecular flexibility index (Phi) is 4.51. The largest absolute Gasteiger partial charge is 0.369 e. The Morgan fingerprint density at radius 3 is 2.74 bits per heavy atom. The molecule has 0 amide bonds. The van der Waals surface area contributed by atoms with E-state index in [0.717, 1.165) is 18.2 Å². The van der Waals surface area contributed by atoms with Crippen molar-refractivity contribution < 1.29 is 0 Å². The van der Waals surface area contributed by atoms with E-state index in [-0.39, 0.29) is 0 Å². The fourth-order valence-corrected chi connectivity index (χ4v) is 4.60. The summed E-state index contributed by atoms with van der Waals surface area (Å²) in [6, 6.07) is 0. The van der Waals surface area contributed by atoms with Crippen molar-refractivity contribution in [1.82, 2.24) is 9.97 Å². The second-order valence-corrected chi connectivity index (χ2v) is 7.68. The number of halogens is 1. The number of aromatic nitrogens is 2.